The molecule has 1 aliphatic carbocycles. The fraction of sp³-hybridized carbons (Fsp3) is 1.00. The zero-order valence-electron chi connectivity index (χ0n) is 10.9. The minimum atomic E-state index is -3.03. The highest BCUT2D eigenvalue weighted by Crippen LogP contribution is 2.23. The normalized spacial score (nSPS) is 27.4. The van der Waals surface area contributed by atoms with E-state index in [2.05, 4.69) is 5.32 Å². The van der Waals surface area contributed by atoms with Gasteiger partial charge in [-0.3, -0.25) is 0 Å². The molecule has 17 heavy (non-hydrogen) atoms. The van der Waals surface area contributed by atoms with Gasteiger partial charge in [-0.15, -0.1) is 0 Å². The van der Waals surface area contributed by atoms with Gasteiger partial charge in [0.25, 0.3) is 0 Å². The molecule has 102 valence electrons. The number of methoxy groups -OCH3 is 1. The van der Waals surface area contributed by atoms with Crippen LogP contribution in [0.25, 0.3) is 0 Å². The van der Waals surface area contributed by atoms with Crippen molar-refractivity contribution in [3.05, 3.63) is 0 Å². The van der Waals surface area contributed by atoms with Gasteiger partial charge < -0.3 is 10.1 Å². The Hall–Kier alpha value is -0.130. The second-order valence-electron chi connectivity index (χ2n) is 4.78. The lowest BCUT2D eigenvalue weighted by Crippen LogP contribution is -2.44. The topological polar surface area (TPSA) is 55.4 Å². The van der Waals surface area contributed by atoms with E-state index < -0.39 is 9.84 Å². The van der Waals surface area contributed by atoms with Gasteiger partial charge in [0.05, 0.1) is 17.6 Å². The number of rotatable bonds is 5. The first kappa shape index (κ1) is 14.9. The second kappa shape index (κ2) is 7.34. The Morgan fingerprint density at radius 3 is 2.41 bits per heavy atom. The molecule has 1 N–H and O–H groups in total. The molecule has 0 aromatic heterocycles. The van der Waals surface area contributed by atoms with Crippen LogP contribution in [0.5, 0.6) is 0 Å². The third kappa shape index (κ3) is 4.56. The molecular weight excluding hydrogens is 238 g/mol. The molecular formula is C12H25NO3S. The molecule has 2 unspecified atom stereocenters. The maximum atomic E-state index is 12.3. The average Bonchev–Trinajstić information content (AvgIpc) is 2.26. The second-order valence-corrected chi connectivity index (χ2v) is 7.12. The number of nitrogens with one attached hydrogen (secondary N) is 1. The van der Waals surface area contributed by atoms with E-state index in [1.54, 1.807) is 7.11 Å². The Labute approximate surface area is 105 Å². The fourth-order valence-corrected chi connectivity index (χ4v) is 4.56. The predicted octanol–water partition coefficient (Wildman–Crippen LogP) is 1.36. The molecule has 0 amide bonds. The highest BCUT2D eigenvalue weighted by Gasteiger charge is 2.32. The maximum Gasteiger partial charge on any atom is 0.156 e. The Morgan fingerprint density at radius 2 is 1.82 bits per heavy atom. The van der Waals surface area contributed by atoms with Crippen LogP contribution < -0.4 is 5.32 Å². The zero-order valence-corrected chi connectivity index (χ0v) is 11.8. The van der Waals surface area contributed by atoms with Gasteiger partial charge in [0, 0.05) is 13.2 Å². The summed E-state index contributed by atoms with van der Waals surface area (Å²) < 4.78 is 29.4. The molecule has 0 aromatic carbocycles. The molecule has 1 fully saturated rings. The van der Waals surface area contributed by atoms with Crippen LogP contribution in [0.15, 0.2) is 0 Å². The quantitative estimate of drug-likeness (QED) is 0.813. The number of sulfone groups is 1. The molecule has 0 radical (unpaired) electrons. The molecule has 4 nitrogen and oxygen atoms in total. The molecule has 1 saturated carbocycles. The van der Waals surface area contributed by atoms with Crippen LogP contribution in [-0.2, 0) is 14.6 Å². The van der Waals surface area contributed by atoms with Crippen LogP contribution in [0.4, 0.5) is 0 Å². The van der Waals surface area contributed by atoms with Crippen molar-refractivity contribution in [3.8, 4) is 0 Å². The van der Waals surface area contributed by atoms with Crippen LogP contribution in [0.3, 0.4) is 0 Å². The van der Waals surface area contributed by atoms with E-state index in [1.165, 1.54) is 6.42 Å². The monoisotopic (exact) mass is 263 g/mol. The summed E-state index contributed by atoms with van der Waals surface area (Å²) in [5.74, 6) is 0.145. The number of hydrogen-bond donors (Lipinski definition) is 1. The van der Waals surface area contributed by atoms with Gasteiger partial charge in [-0.05, 0) is 19.9 Å². The average molecular weight is 263 g/mol. The van der Waals surface area contributed by atoms with Gasteiger partial charge in [-0.2, -0.15) is 0 Å². The van der Waals surface area contributed by atoms with Crippen LogP contribution in [0, 0.1) is 0 Å². The number of ether oxygens (including phenoxy) is 1. The van der Waals surface area contributed by atoms with Crippen LogP contribution in [0.2, 0.25) is 0 Å². The van der Waals surface area contributed by atoms with E-state index >= 15 is 0 Å². The summed E-state index contributed by atoms with van der Waals surface area (Å²) in [7, 11) is 0.377. The summed E-state index contributed by atoms with van der Waals surface area (Å²) in [4.78, 5) is 0. The Morgan fingerprint density at radius 1 is 1.18 bits per heavy atom. The molecule has 0 heterocycles. The van der Waals surface area contributed by atoms with E-state index in [0.717, 1.165) is 32.1 Å². The molecule has 0 spiro atoms. The third-order valence-corrected chi connectivity index (χ3v) is 5.83. The van der Waals surface area contributed by atoms with E-state index in [-0.39, 0.29) is 17.0 Å². The van der Waals surface area contributed by atoms with Crippen LogP contribution >= 0.6 is 0 Å². The lowest BCUT2D eigenvalue weighted by Gasteiger charge is -2.28. The molecule has 5 heteroatoms. The van der Waals surface area contributed by atoms with Crippen molar-refractivity contribution in [2.24, 2.45) is 0 Å². The van der Waals surface area contributed by atoms with E-state index in [4.69, 9.17) is 4.74 Å². The van der Waals surface area contributed by atoms with Gasteiger partial charge in [-0.25, -0.2) is 8.42 Å². The Balaban J connectivity index is 2.73. The van der Waals surface area contributed by atoms with E-state index in [1.807, 2.05) is 7.05 Å². The highest BCUT2D eigenvalue weighted by molar-refractivity contribution is 7.92. The van der Waals surface area contributed by atoms with Crippen molar-refractivity contribution in [1.82, 2.24) is 5.32 Å². The smallest absolute Gasteiger partial charge is 0.156 e. The predicted molar refractivity (Wildman–Crippen MR) is 70.0 cm³/mol. The van der Waals surface area contributed by atoms with E-state index in [9.17, 15) is 8.42 Å². The summed E-state index contributed by atoms with van der Waals surface area (Å²) in [6, 6.07) is 0.108. The first-order valence-corrected chi connectivity index (χ1v) is 8.21. The van der Waals surface area contributed by atoms with Gasteiger partial charge in [0.1, 0.15) is 0 Å². The summed E-state index contributed by atoms with van der Waals surface area (Å²) >= 11 is 0. The minimum Gasteiger partial charge on any atom is -0.384 e. The standard InChI is InChI=1S/C12H25NO3S/c1-13-11-7-5-3-4-6-8-12(11)17(14,15)10-9-16-2/h11-13H,3-10H2,1-2H3. The maximum absolute atomic E-state index is 12.3. The summed E-state index contributed by atoms with van der Waals surface area (Å²) in [5.41, 5.74) is 0. The lowest BCUT2D eigenvalue weighted by atomic mass is 9.96. The Kier molecular flexibility index (Phi) is 6.44. The third-order valence-electron chi connectivity index (χ3n) is 3.61. The van der Waals surface area contributed by atoms with Crippen molar-refractivity contribution in [1.29, 1.82) is 0 Å². The lowest BCUT2D eigenvalue weighted by molar-refractivity contribution is 0.216. The van der Waals surface area contributed by atoms with E-state index in [0.29, 0.717) is 6.61 Å². The minimum absolute atomic E-state index is 0.108. The molecule has 0 saturated heterocycles. The van der Waals surface area contributed by atoms with Gasteiger partial charge in [-0.1, -0.05) is 25.7 Å². The van der Waals surface area contributed by atoms with Gasteiger partial charge in [0.2, 0.25) is 0 Å². The molecule has 1 rings (SSSR count). The van der Waals surface area contributed by atoms with Gasteiger partial charge >= 0.3 is 0 Å². The molecule has 2 atom stereocenters. The van der Waals surface area contributed by atoms with Crippen LogP contribution in [0.1, 0.15) is 38.5 Å². The Bertz CT molecular complexity index is 303. The summed E-state index contributed by atoms with van der Waals surface area (Å²) in [6.45, 7) is 0.301. The number of hydrogen-bond acceptors (Lipinski definition) is 4. The van der Waals surface area contributed by atoms with Crippen molar-refractivity contribution in [3.63, 3.8) is 0 Å². The highest BCUT2D eigenvalue weighted by atomic mass is 32.2. The zero-order chi connectivity index (χ0) is 12.7. The van der Waals surface area contributed by atoms with Crippen molar-refractivity contribution in [2.75, 3.05) is 26.5 Å². The molecule has 0 bridgehead atoms. The van der Waals surface area contributed by atoms with Gasteiger partial charge in [0.15, 0.2) is 9.84 Å². The molecule has 0 aromatic rings. The first-order valence-electron chi connectivity index (χ1n) is 6.49. The largest absolute Gasteiger partial charge is 0.384 e. The van der Waals surface area contributed by atoms with Crippen LogP contribution in [-0.4, -0.2) is 46.2 Å². The van der Waals surface area contributed by atoms with Crippen molar-refractivity contribution in [2.45, 2.75) is 49.8 Å². The molecule has 1 aliphatic rings. The van der Waals surface area contributed by atoms with Crippen molar-refractivity contribution >= 4 is 9.84 Å². The van der Waals surface area contributed by atoms with Crippen molar-refractivity contribution < 1.29 is 13.2 Å². The molecule has 0 aliphatic heterocycles. The first-order chi connectivity index (χ1) is 8.11. The summed E-state index contributed by atoms with van der Waals surface area (Å²) in [6.07, 6.45) is 6.29. The summed E-state index contributed by atoms with van der Waals surface area (Å²) in [5, 5.41) is 2.95. The SMILES string of the molecule is CNC1CCCCCCC1S(=O)(=O)CCOC. The fourth-order valence-electron chi connectivity index (χ4n) is 2.56.